The van der Waals surface area contributed by atoms with Crippen molar-refractivity contribution in [2.24, 2.45) is 0 Å². The summed E-state index contributed by atoms with van der Waals surface area (Å²) in [6.45, 7) is 3.39. The molecule has 1 N–H and O–H groups in total. The van der Waals surface area contributed by atoms with Gasteiger partial charge in [-0.25, -0.2) is 4.98 Å². The highest BCUT2D eigenvalue weighted by Gasteiger charge is 2.15. The van der Waals surface area contributed by atoms with Crippen molar-refractivity contribution >= 4 is 33.9 Å². The number of fused-ring (bicyclic) bond motifs is 1. The van der Waals surface area contributed by atoms with E-state index in [1.807, 2.05) is 11.8 Å². The van der Waals surface area contributed by atoms with Crippen LogP contribution in [0, 0.1) is 0 Å². The summed E-state index contributed by atoms with van der Waals surface area (Å²) in [6, 6.07) is 0. The van der Waals surface area contributed by atoms with Gasteiger partial charge in [-0.2, -0.15) is 11.8 Å². The number of ether oxygens (including phenoxy) is 1. The first kappa shape index (κ1) is 15.6. The third kappa shape index (κ3) is 3.66. The fraction of sp³-hybridized carbons (Fsp3) is 0.615. The van der Waals surface area contributed by atoms with E-state index >= 15 is 0 Å². The first-order valence-corrected chi connectivity index (χ1v) is 8.89. The molecule has 0 fully saturated rings. The third-order valence-electron chi connectivity index (χ3n) is 3.11. The fourth-order valence-corrected chi connectivity index (χ4v) is 3.19. The summed E-state index contributed by atoms with van der Waals surface area (Å²) in [5.74, 6) is 2.19. The molecule has 0 aromatic carbocycles. The van der Waals surface area contributed by atoms with Crippen molar-refractivity contribution in [3.8, 4) is 0 Å². The van der Waals surface area contributed by atoms with Gasteiger partial charge in [0.05, 0.1) is 12.3 Å². The smallest absolute Gasteiger partial charge is 0.195 e. The van der Waals surface area contributed by atoms with E-state index in [1.165, 1.54) is 5.69 Å². The highest BCUT2D eigenvalue weighted by molar-refractivity contribution is 7.98. The topological polar surface area (TPSA) is 41.8 Å². The molecule has 0 amide bonds. The van der Waals surface area contributed by atoms with Crippen LogP contribution in [-0.4, -0.2) is 55.2 Å². The molecule has 5 nitrogen and oxygen atoms in total. The van der Waals surface area contributed by atoms with Crippen molar-refractivity contribution < 1.29 is 4.74 Å². The molecule has 2 rings (SSSR count). The number of thiazole rings is 1. The van der Waals surface area contributed by atoms with Gasteiger partial charge in [0, 0.05) is 51.1 Å². The minimum atomic E-state index is 0.725. The van der Waals surface area contributed by atoms with Crippen molar-refractivity contribution in [2.45, 2.75) is 6.54 Å². The van der Waals surface area contributed by atoms with Crippen LogP contribution in [0.1, 0.15) is 5.69 Å². The zero-order valence-electron chi connectivity index (χ0n) is 12.3. The lowest BCUT2D eigenvalue weighted by Gasteiger charge is -2.18. The van der Waals surface area contributed by atoms with E-state index in [2.05, 4.69) is 39.5 Å². The van der Waals surface area contributed by atoms with E-state index in [-0.39, 0.29) is 0 Å². The van der Waals surface area contributed by atoms with Gasteiger partial charge in [-0.05, 0) is 6.26 Å². The Hall–Kier alpha value is -0.760. The van der Waals surface area contributed by atoms with Gasteiger partial charge in [0.25, 0.3) is 0 Å². The SMILES string of the molecule is COCCNCc1c(N(C)CCSC)nc2sccn12. The molecular weight excluding hydrogens is 292 g/mol. The molecule has 0 bridgehead atoms. The first-order chi connectivity index (χ1) is 9.77. The van der Waals surface area contributed by atoms with Gasteiger partial charge in [-0.1, -0.05) is 0 Å². The molecule has 0 saturated heterocycles. The second-order valence-corrected chi connectivity index (χ2v) is 6.38. The van der Waals surface area contributed by atoms with Gasteiger partial charge in [-0.15, -0.1) is 11.3 Å². The van der Waals surface area contributed by atoms with Crippen molar-refractivity contribution in [2.75, 3.05) is 50.8 Å². The van der Waals surface area contributed by atoms with Gasteiger partial charge in [0.15, 0.2) is 10.8 Å². The summed E-state index contributed by atoms with van der Waals surface area (Å²) in [6.07, 6.45) is 4.22. The maximum Gasteiger partial charge on any atom is 0.195 e. The monoisotopic (exact) mass is 314 g/mol. The number of aromatic nitrogens is 2. The number of rotatable bonds is 9. The molecule has 0 atom stereocenters. The summed E-state index contributed by atoms with van der Waals surface area (Å²) < 4.78 is 7.24. The molecule has 20 heavy (non-hydrogen) atoms. The normalized spacial score (nSPS) is 11.3. The lowest BCUT2D eigenvalue weighted by molar-refractivity contribution is 0.199. The molecule has 0 aliphatic rings. The van der Waals surface area contributed by atoms with Crippen molar-refractivity contribution in [3.63, 3.8) is 0 Å². The largest absolute Gasteiger partial charge is 0.383 e. The third-order valence-corrected chi connectivity index (χ3v) is 4.46. The summed E-state index contributed by atoms with van der Waals surface area (Å²) >= 11 is 3.53. The molecule has 0 saturated carbocycles. The molecule has 0 aliphatic heterocycles. The number of methoxy groups -OCH3 is 1. The van der Waals surface area contributed by atoms with Crippen LogP contribution in [0.25, 0.3) is 4.96 Å². The van der Waals surface area contributed by atoms with Crippen LogP contribution in [0.15, 0.2) is 11.6 Å². The van der Waals surface area contributed by atoms with E-state index in [0.717, 1.165) is 42.8 Å². The standard InChI is InChI=1S/C13H22N4OS2/c1-16(5-8-19-3)12-11(10-14-4-7-18-2)17-6-9-20-13(17)15-12/h6,9,14H,4-5,7-8,10H2,1-3H3. The van der Waals surface area contributed by atoms with Crippen LogP contribution in [0.2, 0.25) is 0 Å². The van der Waals surface area contributed by atoms with E-state index in [9.17, 15) is 0 Å². The second-order valence-electron chi connectivity index (χ2n) is 4.52. The lowest BCUT2D eigenvalue weighted by atomic mass is 10.4. The van der Waals surface area contributed by atoms with Gasteiger partial charge in [0.2, 0.25) is 0 Å². The zero-order valence-corrected chi connectivity index (χ0v) is 13.9. The van der Waals surface area contributed by atoms with Crippen LogP contribution in [0.4, 0.5) is 5.82 Å². The Bertz CT molecular complexity index is 525. The minimum Gasteiger partial charge on any atom is -0.383 e. The van der Waals surface area contributed by atoms with Crippen LogP contribution in [0.3, 0.4) is 0 Å². The number of anilines is 1. The summed E-state index contributed by atoms with van der Waals surface area (Å²) in [4.78, 5) is 8.05. The predicted octanol–water partition coefficient (Wildman–Crippen LogP) is 1.93. The zero-order chi connectivity index (χ0) is 14.4. The molecule has 0 radical (unpaired) electrons. The molecule has 2 heterocycles. The summed E-state index contributed by atoms with van der Waals surface area (Å²) in [5.41, 5.74) is 1.22. The quantitative estimate of drug-likeness (QED) is 0.716. The van der Waals surface area contributed by atoms with E-state index in [1.54, 1.807) is 18.4 Å². The summed E-state index contributed by atoms with van der Waals surface area (Å²) in [7, 11) is 3.83. The van der Waals surface area contributed by atoms with E-state index < -0.39 is 0 Å². The Morgan fingerprint density at radius 1 is 1.55 bits per heavy atom. The highest BCUT2D eigenvalue weighted by Crippen LogP contribution is 2.24. The van der Waals surface area contributed by atoms with Gasteiger partial charge in [-0.3, -0.25) is 4.40 Å². The highest BCUT2D eigenvalue weighted by atomic mass is 32.2. The predicted molar refractivity (Wildman–Crippen MR) is 88.3 cm³/mol. The van der Waals surface area contributed by atoms with Crippen LogP contribution in [0.5, 0.6) is 0 Å². The molecule has 0 unspecified atom stereocenters. The second kappa shape index (κ2) is 7.87. The molecule has 0 aliphatic carbocycles. The Balaban J connectivity index is 2.12. The van der Waals surface area contributed by atoms with Crippen molar-refractivity contribution in [3.05, 3.63) is 17.3 Å². The first-order valence-electron chi connectivity index (χ1n) is 6.62. The summed E-state index contributed by atoms with van der Waals surface area (Å²) in [5, 5.41) is 5.48. The lowest BCUT2D eigenvalue weighted by Crippen LogP contribution is -2.25. The maximum atomic E-state index is 5.07. The Morgan fingerprint density at radius 3 is 3.15 bits per heavy atom. The van der Waals surface area contributed by atoms with Gasteiger partial charge < -0.3 is 15.0 Å². The Morgan fingerprint density at radius 2 is 2.40 bits per heavy atom. The number of imidazole rings is 1. The molecule has 112 valence electrons. The molecule has 0 spiro atoms. The van der Waals surface area contributed by atoms with Gasteiger partial charge >= 0.3 is 0 Å². The van der Waals surface area contributed by atoms with E-state index in [0.29, 0.717) is 0 Å². The number of nitrogens with zero attached hydrogens (tertiary/aromatic N) is 3. The molecule has 7 heteroatoms. The number of hydrogen-bond donors (Lipinski definition) is 1. The number of hydrogen-bond acceptors (Lipinski definition) is 6. The van der Waals surface area contributed by atoms with Crippen LogP contribution < -0.4 is 10.2 Å². The van der Waals surface area contributed by atoms with Crippen molar-refractivity contribution in [1.82, 2.24) is 14.7 Å². The average Bonchev–Trinajstić information content (AvgIpc) is 3.02. The fourth-order valence-electron chi connectivity index (χ4n) is 2.01. The van der Waals surface area contributed by atoms with E-state index in [4.69, 9.17) is 9.72 Å². The number of nitrogens with one attached hydrogen (secondary N) is 1. The van der Waals surface area contributed by atoms with Crippen molar-refractivity contribution in [1.29, 1.82) is 0 Å². The molecule has 2 aromatic heterocycles. The maximum absolute atomic E-state index is 5.07. The Kier molecular flexibility index (Phi) is 6.15. The minimum absolute atomic E-state index is 0.725. The van der Waals surface area contributed by atoms with Crippen LogP contribution in [-0.2, 0) is 11.3 Å². The molecular formula is C13H22N4OS2. The van der Waals surface area contributed by atoms with Gasteiger partial charge in [0.1, 0.15) is 0 Å². The number of thioether (sulfide) groups is 1. The average molecular weight is 314 g/mol. The Labute approximate surface area is 128 Å². The van der Waals surface area contributed by atoms with Crippen LogP contribution >= 0.6 is 23.1 Å². The molecule has 2 aromatic rings.